The summed E-state index contributed by atoms with van der Waals surface area (Å²) in [5, 5.41) is 0.767. The van der Waals surface area contributed by atoms with E-state index in [1.807, 2.05) is 49.4 Å². The minimum Gasteiger partial charge on any atom is -0.294 e. The fourth-order valence-corrected chi connectivity index (χ4v) is 2.96. The topological polar surface area (TPSA) is 17.1 Å². The fourth-order valence-electron chi connectivity index (χ4n) is 1.90. The number of ketones is 1. The maximum atomic E-state index is 11.8. The van der Waals surface area contributed by atoms with Crippen molar-refractivity contribution in [2.45, 2.75) is 30.4 Å². The number of benzene rings is 2. The lowest BCUT2D eigenvalue weighted by atomic mass is 10.1. The van der Waals surface area contributed by atoms with Crippen molar-refractivity contribution in [3.05, 3.63) is 64.7 Å². The molecule has 20 heavy (non-hydrogen) atoms. The summed E-state index contributed by atoms with van der Waals surface area (Å²) in [7, 11) is 0. The summed E-state index contributed by atoms with van der Waals surface area (Å²) in [4.78, 5) is 12.9. The highest BCUT2D eigenvalue weighted by atomic mass is 35.5. The Bertz CT molecular complexity index is 578. The predicted octanol–water partition coefficient (Wildman–Crippen LogP) is 5.62. The third-order valence-electron chi connectivity index (χ3n) is 2.95. The number of hydrogen-bond acceptors (Lipinski definition) is 2. The highest BCUT2D eigenvalue weighted by Crippen LogP contribution is 2.24. The zero-order valence-electron chi connectivity index (χ0n) is 11.4. The minimum atomic E-state index is 0.221. The van der Waals surface area contributed by atoms with Crippen LogP contribution in [0.25, 0.3) is 0 Å². The van der Waals surface area contributed by atoms with Crippen molar-refractivity contribution in [1.82, 2.24) is 0 Å². The Hall–Kier alpha value is -1.25. The van der Waals surface area contributed by atoms with Crippen LogP contribution in [0.1, 0.15) is 35.7 Å². The molecule has 0 saturated carbocycles. The van der Waals surface area contributed by atoms with Crippen LogP contribution in [0.4, 0.5) is 0 Å². The van der Waals surface area contributed by atoms with Crippen LogP contribution in [0, 0.1) is 0 Å². The summed E-state index contributed by atoms with van der Waals surface area (Å²) in [6.45, 7) is 2.02. The van der Waals surface area contributed by atoms with Crippen LogP contribution >= 0.6 is 23.4 Å². The standard InChI is InChI=1S/C17H17ClOS/c1-2-4-17(19)14-7-9-16(10-8-14)20-12-13-5-3-6-15(18)11-13/h3,5-11H,2,4,12H2,1H3. The lowest BCUT2D eigenvalue weighted by molar-refractivity contribution is 0.0981. The van der Waals surface area contributed by atoms with Crippen LogP contribution in [0.2, 0.25) is 5.02 Å². The maximum Gasteiger partial charge on any atom is 0.162 e. The monoisotopic (exact) mass is 304 g/mol. The number of rotatable bonds is 6. The summed E-state index contributed by atoms with van der Waals surface area (Å²) in [5.41, 5.74) is 2.01. The van der Waals surface area contributed by atoms with E-state index in [1.54, 1.807) is 11.8 Å². The molecular weight excluding hydrogens is 288 g/mol. The number of hydrogen-bond donors (Lipinski definition) is 0. The molecule has 0 aliphatic carbocycles. The summed E-state index contributed by atoms with van der Waals surface area (Å²) in [6, 6.07) is 15.7. The van der Waals surface area contributed by atoms with Gasteiger partial charge in [-0.1, -0.05) is 42.8 Å². The molecule has 3 heteroatoms. The van der Waals surface area contributed by atoms with Crippen LogP contribution in [0.3, 0.4) is 0 Å². The van der Waals surface area contributed by atoms with E-state index in [1.165, 1.54) is 5.56 Å². The third kappa shape index (κ3) is 4.39. The molecule has 0 fully saturated rings. The molecule has 0 unspecified atom stereocenters. The molecule has 0 atom stereocenters. The molecule has 2 rings (SSSR count). The van der Waals surface area contributed by atoms with Crippen molar-refractivity contribution in [2.24, 2.45) is 0 Å². The smallest absolute Gasteiger partial charge is 0.162 e. The third-order valence-corrected chi connectivity index (χ3v) is 4.27. The van der Waals surface area contributed by atoms with Crippen LogP contribution in [-0.4, -0.2) is 5.78 Å². The molecule has 0 bridgehead atoms. The molecule has 0 spiro atoms. The maximum absolute atomic E-state index is 11.8. The molecule has 2 aromatic carbocycles. The van der Waals surface area contributed by atoms with E-state index in [-0.39, 0.29) is 5.78 Å². The van der Waals surface area contributed by atoms with Gasteiger partial charge in [0.25, 0.3) is 0 Å². The van der Waals surface area contributed by atoms with Gasteiger partial charge < -0.3 is 0 Å². The largest absolute Gasteiger partial charge is 0.294 e. The Morgan fingerprint density at radius 2 is 1.90 bits per heavy atom. The van der Waals surface area contributed by atoms with E-state index >= 15 is 0 Å². The van der Waals surface area contributed by atoms with Gasteiger partial charge >= 0.3 is 0 Å². The van der Waals surface area contributed by atoms with E-state index in [0.717, 1.165) is 27.7 Å². The average molecular weight is 305 g/mol. The SMILES string of the molecule is CCCC(=O)c1ccc(SCc2cccc(Cl)c2)cc1. The van der Waals surface area contributed by atoms with Gasteiger partial charge in [-0.15, -0.1) is 11.8 Å². The minimum absolute atomic E-state index is 0.221. The first kappa shape index (κ1) is 15.1. The second-order valence-corrected chi connectivity index (χ2v) is 6.10. The van der Waals surface area contributed by atoms with Gasteiger partial charge in [0.15, 0.2) is 5.78 Å². The van der Waals surface area contributed by atoms with Gasteiger partial charge in [0.1, 0.15) is 0 Å². The molecule has 0 N–H and O–H groups in total. The van der Waals surface area contributed by atoms with Crippen LogP contribution < -0.4 is 0 Å². The van der Waals surface area contributed by atoms with E-state index in [4.69, 9.17) is 11.6 Å². The van der Waals surface area contributed by atoms with Gasteiger partial charge in [0, 0.05) is 27.7 Å². The van der Waals surface area contributed by atoms with E-state index < -0.39 is 0 Å². The molecule has 104 valence electrons. The van der Waals surface area contributed by atoms with Crippen molar-refractivity contribution in [1.29, 1.82) is 0 Å². The summed E-state index contributed by atoms with van der Waals surface area (Å²) in [5.74, 6) is 1.10. The van der Waals surface area contributed by atoms with Crippen molar-refractivity contribution in [3.63, 3.8) is 0 Å². The van der Waals surface area contributed by atoms with Crippen LogP contribution in [0.5, 0.6) is 0 Å². The molecule has 0 aliphatic rings. The molecular formula is C17H17ClOS. The highest BCUT2D eigenvalue weighted by molar-refractivity contribution is 7.98. The summed E-state index contributed by atoms with van der Waals surface area (Å²) in [6.07, 6.45) is 1.51. The van der Waals surface area contributed by atoms with E-state index in [9.17, 15) is 4.79 Å². The summed E-state index contributed by atoms with van der Waals surface area (Å²) < 4.78 is 0. The lowest BCUT2D eigenvalue weighted by Gasteiger charge is -2.04. The Balaban J connectivity index is 1.95. The van der Waals surface area contributed by atoms with E-state index in [0.29, 0.717) is 6.42 Å². The molecule has 0 amide bonds. The fraction of sp³-hybridized carbons (Fsp3) is 0.235. The number of carbonyl (C=O) groups excluding carboxylic acids is 1. The zero-order valence-corrected chi connectivity index (χ0v) is 13.0. The Kier molecular flexibility index (Phi) is 5.69. The first-order valence-corrected chi connectivity index (χ1v) is 8.06. The molecule has 2 aromatic rings. The molecule has 0 radical (unpaired) electrons. The van der Waals surface area contributed by atoms with Crippen LogP contribution in [-0.2, 0) is 5.75 Å². The second kappa shape index (κ2) is 7.51. The van der Waals surface area contributed by atoms with Gasteiger partial charge in [-0.05, 0) is 36.2 Å². The summed E-state index contributed by atoms with van der Waals surface area (Å²) >= 11 is 7.71. The van der Waals surface area contributed by atoms with Gasteiger partial charge in [-0.25, -0.2) is 0 Å². The Morgan fingerprint density at radius 3 is 2.55 bits per heavy atom. The molecule has 0 aliphatic heterocycles. The second-order valence-electron chi connectivity index (χ2n) is 4.62. The number of Topliss-reactive ketones (excluding diaryl/α,β-unsaturated/α-hetero) is 1. The molecule has 0 saturated heterocycles. The highest BCUT2D eigenvalue weighted by Gasteiger charge is 2.04. The number of thioether (sulfide) groups is 1. The lowest BCUT2D eigenvalue weighted by Crippen LogP contribution is -1.97. The average Bonchev–Trinajstić information content (AvgIpc) is 2.46. The van der Waals surface area contributed by atoms with Crippen molar-refractivity contribution in [3.8, 4) is 0 Å². The van der Waals surface area contributed by atoms with E-state index in [2.05, 4.69) is 6.07 Å². The quantitative estimate of drug-likeness (QED) is 0.509. The Morgan fingerprint density at radius 1 is 1.15 bits per heavy atom. The van der Waals surface area contributed by atoms with Crippen LogP contribution in [0.15, 0.2) is 53.4 Å². The van der Waals surface area contributed by atoms with Crippen molar-refractivity contribution >= 4 is 29.1 Å². The molecule has 0 heterocycles. The first-order valence-electron chi connectivity index (χ1n) is 6.69. The first-order chi connectivity index (χ1) is 9.69. The zero-order chi connectivity index (χ0) is 14.4. The number of carbonyl (C=O) groups is 1. The van der Waals surface area contributed by atoms with Crippen molar-refractivity contribution < 1.29 is 4.79 Å². The molecule has 0 aromatic heterocycles. The van der Waals surface area contributed by atoms with Crippen molar-refractivity contribution in [2.75, 3.05) is 0 Å². The predicted molar refractivity (Wildman–Crippen MR) is 86.7 cm³/mol. The van der Waals surface area contributed by atoms with Gasteiger partial charge in [0.05, 0.1) is 0 Å². The normalized spacial score (nSPS) is 10.5. The van der Waals surface area contributed by atoms with Gasteiger partial charge in [-0.3, -0.25) is 4.79 Å². The Labute approximate surface area is 129 Å². The molecule has 1 nitrogen and oxygen atoms in total. The van der Waals surface area contributed by atoms with Gasteiger partial charge in [0.2, 0.25) is 0 Å². The van der Waals surface area contributed by atoms with Gasteiger partial charge in [-0.2, -0.15) is 0 Å². The number of halogens is 1.